The van der Waals surface area contributed by atoms with E-state index in [9.17, 15) is 8.42 Å². The molecule has 1 saturated heterocycles. The van der Waals surface area contributed by atoms with Crippen LogP contribution in [0.15, 0.2) is 0 Å². The van der Waals surface area contributed by atoms with E-state index in [4.69, 9.17) is 0 Å². The Morgan fingerprint density at radius 2 is 1.79 bits per heavy atom. The van der Waals surface area contributed by atoms with E-state index < -0.39 is 9.84 Å². The number of hydrogen-bond donors (Lipinski definition) is 1. The molecule has 0 spiro atoms. The molecule has 0 radical (unpaired) electrons. The summed E-state index contributed by atoms with van der Waals surface area (Å²) in [5.41, 5.74) is 0.255. The monoisotopic (exact) mass is 290 g/mol. The summed E-state index contributed by atoms with van der Waals surface area (Å²) in [7, 11) is -2.76. The van der Waals surface area contributed by atoms with E-state index in [-0.39, 0.29) is 5.41 Å². The second kappa shape index (κ2) is 7.60. The quantitative estimate of drug-likeness (QED) is 0.689. The molecule has 0 aromatic heterocycles. The molecule has 0 amide bonds. The summed E-state index contributed by atoms with van der Waals surface area (Å²) in [6.45, 7) is 11.2. The van der Waals surface area contributed by atoms with Gasteiger partial charge in [0.15, 0.2) is 9.84 Å². The Bertz CT molecular complexity index is 342. The first-order valence-corrected chi connectivity index (χ1v) is 9.36. The van der Waals surface area contributed by atoms with Crippen LogP contribution in [0.1, 0.15) is 40.0 Å². The Labute approximate surface area is 118 Å². The zero-order valence-electron chi connectivity index (χ0n) is 12.7. The summed E-state index contributed by atoms with van der Waals surface area (Å²) < 4.78 is 22.9. The normalized spacial score (nSPS) is 23.1. The van der Waals surface area contributed by atoms with Gasteiger partial charge in [0.1, 0.15) is 0 Å². The fraction of sp³-hybridized carbons (Fsp3) is 1.00. The maximum atomic E-state index is 11.5. The van der Waals surface area contributed by atoms with Crippen LogP contribution in [0.2, 0.25) is 0 Å². The Morgan fingerprint density at radius 1 is 1.16 bits per heavy atom. The minimum Gasteiger partial charge on any atom is -0.316 e. The summed E-state index contributed by atoms with van der Waals surface area (Å²) in [5.74, 6) is 0.662. The zero-order valence-corrected chi connectivity index (χ0v) is 13.6. The van der Waals surface area contributed by atoms with Crippen molar-refractivity contribution >= 4 is 9.84 Å². The standard InChI is InChI=1S/C14H30N2O2S/c1-4-6-14(3,12-15-7-5-2)13-16-8-10-19(17,18)11-9-16/h15H,4-13H2,1-3H3. The van der Waals surface area contributed by atoms with E-state index in [2.05, 4.69) is 31.0 Å². The number of nitrogens with zero attached hydrogens (tertiary/aromatic N) is 1. The second-order valence-corrected chi connectivity index (χ2v) is 8.47. The summed E-state index contributed by atoms with van der Waals surface area (Å²) >= 11 is 0. The van der Waals surface area contributed by atoms with Crippen LogP contribution >= 0.6 is 0 Å². The Hall–Kier alpha value is -0.130. The Kier molecular flexibility index (Phi) is 6.77. The lowest BCUT2D eigenvalue weighted by molar-refractivity contribution is 0.158. The average molecular weight is 290 g/mol. The molecule has 1 aliphatic rings. The predicted octanol–water partition coefficient (Wildman–Crippen LogP) is 1.52. The molecule has 0 aliphatic carbocycles. The fourth-order valence-corrected chi connectivity index (χ4v) is 4.12. The van der Waals surface area contributed by atoms with Gasteiger partial charge >= 0.3 is 0 Å². The maximum absolute atomic E-state index is 11.5. The van der Waals surface area contributed by atoms with E-state index in [1.54, 1.807) is 0 Å². The van der Waals surface area contributed by atoms with Gasteiger partial charge in [0, 0.05) is 26.2 Å². The number of hydrogen-bond acceptors (Lipinski definition) is 4. The van der Waals surface area contributed by atoms with Crippen LogP contribution in [0.5, 0.6) is 0 Å². The first kappa shape index (κ1) is 16.9. The van der Waals surface area contributed by atoms with Gasteiger partial charge in [0.25, 0.3) is 0 Å². The highest BCUT2D eigenvalue weighted by Crippen LogP contribution is 2.24. The summed E-state index contributed by atoms with van der Waals surface area (Å²) in [5, 5.41) is 3.52. The van der Waals surface area contributed by atoms with Crippen molar-refractivity contribution in [2.75, 3.05) is 44.2 Å². The summed E-state index contributed by atoms with van der Waals surface area (Å²) in [4.78, 5) is 2.32. The number of nitrogens with one attached hydrogen (secondary N) is 1. The SMILES string of the molecule is CCCNCC(C)(CCC)CN1CCS(=O)(=O)CC1. The van der Waals surface area contributed by atoms with Gasteiger partial charge < -0.3 is 10.2 Å². The van der Waals surface area contributed by atoms with Crippen molar-refractivity contribution in [3.8, 4) is 0 Å². The van der Waals surface area contributed by atoms with Crippen LogP contribution in [0.25, 0.3) is 0 Å². The predicted molar refractivity (Wildman–Crippen MR) is 81.3 cm³/mol. The molecule has 1 N–H and O–H groups in total. The van der Waals surface area contributed by atoms with Gasteiger partial charge in [-0.15, -0.1) is 0 Å². The third kappa shape index (κ3) is 6.23. The minimum atomic E-state index is -2.76. The van der Waals surface area contributed by atoms with E-state index in [1.807, 2.05) is 0 Å². The van der Waals surface area contributed by atoms with E-state index in [0.29, 0.717) is 24.6 Å². The molecule has 4 nitrogen and oxygen atoms in total. The van der Waals surface area contributed by atoms with Gasteiger partial charge in [0.2, 0.25) is 0 Å². The van der Waals surface area contributed by atoms with Crippen LogP contribution < -0.4 is 5.32 Å². The maximum Gasteiger partial charge on any atom is 0.152 e. The number of rotatable bonds is 8. The smallest absolute Gasteiger partial charge is 0.152 e. The van der Waals surface area contributed by atoms with Crippen LogP contribution in [0.3, 0.4) is 0 Å². The zero-order chi connectivity index (χ0) is 14.4. The molecule has 5 heteroatoms. The molecule has 1 fully saturated rings. The Balaban J connectivity index is 2.48. The molecule has 1 aliphatic heterocycles. The van der Waals surface area contributed by atoms with E-state index in [0.717, 1.165) is 26.1 Å². The van der Waals surface area contributed by atoms with Crippen molar-refractivity contribution in [3.63, 3.8) is 0 Å². The molecule has 1 unspecified atom stereocenters. The van der Waals surface area contributed by atoms with Crippen molar-refractivity contribution < 1.29 is 8.42 Å². The van der Waals surface area contributed by atoms with Crippen molar-refractivity contribution in [1.82, 2.24) is 10.2 Å². The van der Waals surface area contributed by atoms with Gasteiger partial charge in [-0.2, -0.15) is 0 Å². The molecule has 0 aromatic carbocycles. The third-order valence-electron chi connectivity index (χ3n) is 3.87. The number of sulfone groups is 1. The molecule has 1 atom stereocenters. The highest BCUT2D eigenvalue weighted by molar-refractivity contribution is 7.91. The van der Waals surface area contributed by atoms with Crippen molar-refractivity contribution in [3.05, 3.63) is 0 Å². The van der Waals surface area contributed by atoms with Gasteiger partial charge in [-0.3, -0.25) is 0 Å². The summed E-state index contributed by atoms with van der Waals surface area (Å²) in [6, 6.07) is 0. The molecule has 1 rings (SSSR count). The van der Waals surface area contributed by atoms with Crippen molar-refractivity contribution in [2.45, 2.75) is 40.0 Å². The molecule has 19 heavy (non-hydrogen) atoms. The van der Waals surface area contributed by atoms with E-state index in [1.165, 1.54) is 12.8 Å². The lowest BCUT2D eigenvalue weighted by Gasteiger charge is -2.37. The fourth-order valence-electron chi connectivity index (χ4n) is 2.84. The molecular formula is C14H30N2O2S. The van der Waals surface area contributed by atoms with Crippen LogP contribution in [-0.2, 0) is 9.84 Å². The van der Waals surface area contributed by atoms with Crippen LogP contribution in [0, 0.1) is 5.41 Å². The molecule has 0 bridgehead atoms. The largest absolute Gasteiger partial charge is 0.316 e. The van der Waals surface area contributed by atoms with Gasteiger partial charge in [0.05, 0.1) is 11.5 Å². The van der Waals surface area contributed by atoms with Crippen LogP contribution in [0.4, 0.5) is 0 Å². The van der Waals surface area contributed by atoms with E-state index >= 15 is 0 Å². The molecule has 0 saturated carbocycles. The summed E-state index contributed by atoms with van der Waals surface area (Å²) in [6.07, 6.45) is 3.52. The van der Waals surface area contributed by atoms with Crippen LogP contribution in [-0.4, -0.2) is 57.5 Å². The second-order valence-electron chi connectivity index (χ2n) is 6.17. The lowest BCUT2D eigenvalue weighted by atomic mass is 9.84. The molecular weight excluding hydrogens is 260 g/mol. The first-order chi connectivity index (χ1) is 8.91. The minimum absolute atomic E-state index is 0.255. The average Bonchev–Trinajstić information content (AvgIpc) is 2.33. The molecule has 114 valence electrons. The van der Waals surface area contributed by atoms with Gasteiger partial charge in [-0.25, -0.2) is 8.42 Å². The van der Waals surface area contributed by atoms with Crippen molar-refractivity contribution in [2.24, 2.45) is 5.41 Å². The Morgan fingerprint density at radius 3 is 2.32 bits per heavy atom. The highest BCUT2D eigenvalue weighted by atomic mass is 32.2. The van der Waals surface area contributed by atoms with Crippen molar-refractivity contribution in [1.29, 1.82) is 0 Å². The highest BCUT2D eigenvalue weighted by Gasteiger charge is 2.29. The lowest BCUT2D eigenvalue weighted by Crippen LogP contribution is -2.48. The molecule has 1 heterocycles. The first-order valence-electron chi connectivity index (χ1n) is 7.54. The topological polar surface area (TPSA) is 49.4 Å². The third-order valence-corrected chi connectivity index (χ3v) is 5.48. The van der Waals surface area contributed by atoms with Gasteiger partial charge in [-0.05, 0) is 24.8 Å². The molecule has 0 aromatic rings. The van der Waals surface area contributed by atoms with Gasteiger partial charge in [-0.1, -0.05) is 27.2 Å².